The van der Waals surface area contributed by atoms with Crippen LogP contribution in [-0.4, -0.2) is 10.5 Å². The molecule has 0 saturated heterocycles. The van der Waals surface area contributed by atoms with E-state index in [2.05, 4.69) is 13.8 Å². The average molecular weight is 227 g/mol. The molecule has 1 nitrogen and oxygen atoms in total. The number of benzene rings is 1. The first kappa shape index (κ1) is 10.1. The van der Waals surface area contributed by atoms with Crippen LogP contribution < -0.4 is 0 Å². The predicted octanol–water partition coefficient (Wildman–Crippen LogP) is 3.80. The molecular weight excluding hydrogens is 216 g/mol. The molecule has 2 rings (SSSR count). The lowest BCUT2D eigenvalue weighted by Crippen LogP contribution is -2.25. The molecule has 1 aliphatic rings. The molecule has 0 fully saturated rings. The lowest BCUT2D eigenvalue weighted by Gasteiger charge is -2.29. The number of rotatable bonds is 0. The van der Waals surface area contributed by atoms with E-state index in [-0.39, 0.29) is 10.5 Å². The van der Waals surface area contributed by atoms with Gasteiger partial charge in [-0.05, 0) is 32.0 Å². The Labute approximate surface area is 92.8 Å². The van der Waals surface area contributed by atoms with Gasteiger partial charge in [0.2, 0.25) is 0 Å². The third-order valence-corrected chi connectivity index (χ3v) is 3.72. The van der Waals surface area contributed by atoms with Crippen molar-refractivity contribution in [3.8, 4) is 0 Å². The van der Waals surface area contributed by atoms with Crippen LogP contribution in [0.1, 0.15) is 30.6 Å². The summed E-state index contributed by atoms with van der Waals surface area (Å²) >= 11 is 7.60. The molecule has 3 heteroatoms. The summed E-state index contributed by atoms with van der Waals surface area (Å²) in [6, 6.07) is 5.53. The molecule has 0 spiro atoms. The lowest BCUT2D eigenvalue weighted by atomic mass is 9.99. The maximum atomic E-state index is 11.8. The van der Waals surface area contributed by atoms with Crippen LogP contribution in [0.3, 0.4) is 0 Å². The van der Waals surface area contributed by atoms with Gasteiger partial charge in [-0.25, -0.2) is 0 Å². The van der Waals surface area contributed by atoms with E-state index >= 15 is 0 Å². The number of halogens is 1. The second kappa shape index (κ2) is 3.28. The van der Waals surface area contributed by atoms with E-state index in [1.54, 1.807) is 17.8 Å². The van der Waals surface area contributed by atoms with Crippen LogP contribution in [0.2, 0.25) is 5.02 Å². The van der Waals surface area contributed by atoms with Crippen LogP contribution in [0.4, 0.5) is 0 Å². The molecule has 0 atom stereocenters. The number of carbonyl (C=O) groups excluding carboxylic acids is 1. The first-order valence-corrected chi connectivity index (χ1v) is 5.69. The number of Topliss-reactive ketones (excluding diaryl/α,β-unsaturated/α-hetero) is 1. The van der Waals surface area contributed by atoms with Gasteiger partial charge >= 0.3 is 0 Å². The standard InChI is InChI=1S/C11H11ClOS/c1-11(2)6-9(13)8-5-7(12)3-4-10(8)14-11/h3-5H,6H2,1-2H3. The number of fused-ring (bicyclic) bond motifs is 1. The van der Waals surface area contributed by atoms with Gasteiger partial charge in [0.25, 0.3) is 0 Å². The van der Waals surface area contributed by atoms with Crippen LogP contribution >= 0.6 is 23.4 Å². The van der Waals surface area contributed by atoms with Gasteiger partial charge in [-0.3, -0.25) is 4.79 Å². The molecule has 1 heterocycles. The van der Waals surface area contributed by atoms with E-state index in [0.717, 1.165) is 10.5 Å². The highest BCUT2D eigenvalue weighted by Crippen LogP contribution is 2.43. The Morgan fingerprint density at radius 1 is 1.43 bits per heavy atom. The lowest BCUT2D eigenvalue weighted by molar-refractivity contribution is 0.0967. The largest absolute Gasteiger partial charge is 0.294 e. The molecule has 0 aromatic heterocycles. The van der Waals surface area contributed by atoms with E-state index in [9.17, 15) is 4.79 Å². The van der Waals surface area contributed by atoms with Crippen LogP contribution in [0.25, 0.3) is 0 Å². The minimum atomic E-state index is 0.0118. The van der Waals surface area contributed by atoms with Gasteiger partial charge < -0.3 is 0 Å². The normalized spacial score (nSPS) is 19.2. The van der Waals surface area contributed by atoms with Gasteiger partial charge in [-0.15, -0.1) is 11.8 Å². The summed E-state index contributed by atoms with van der Waals surface area (Å²) in [6.45, 7) is 4.18. The summed E-state index contributed by atoms with van der Waals surface area (Å²) in [4.78, 5) is 12.8. The van der Waals surface area contributed by atoms with Crippen LogP contribution in [0, 0.1) is 0 Å². The topological polar surface area (TPSA) is 17.1 Å². The Hall–Kier alpha value is -0.470. The van der Waals surface area contributed by atoms with Crippen molar-refractivity contribution in [2.75, 3.05) is 0 Å². The fourth-order valence-electron chi connectivity index (χ4n) is 1.62. The first-order chi connectivity index (χ1) is 6.48. The number of hydrogen-bond donors (Lipinski definition) is 0. The molecule has 14 heavy (non-hydrogen) atoms. The zero-order valence-electron chi connectivity index (χ0n) is 8.13. The Morgan fingerprint density at radius 3 is 2.86 bits per heavy atom. The van der Waals surface area contributed by atoms with Gasteiger partial charge in [0, 0.05) is 26.6 Å². The second-order valence-electron chi connectivity index (χ2n) is 4.10. The van der Waals surface area contributed by atoms with E-state index in [0.29, 0.717) is 11.4 Å². The Bertz CT molecular complexity index is 398. The zero-order valence-corrected chi connectivity index (χ0v) is 9.71. The summed E-state index contributed by atoms with van der Waals surface area (Å²) in [5, 5.41) is 0.636. The maximum Gasteiger partial charge on any atom is 0.165 e. The molecule has 1 aliphatic heterocycles. The van der Waals surface area contributed by atoms with Gasteiger partial charge in [-0.2, -0.15) is 0 Å². The van der Waals surface area contributed by atoms with Crippen molar-refractivity contribution in [2.45, 2.75) is 29.9 Å². The molecule has 0 bridgehead atoms. The highest BCUT2D eigenvalue weighted by atomic mass is 35.5. The SMILES string of the molecule is CC1(C)CC(=O)c2cc(Cl)ccc2S1. The monoisotopic (exact) mass is 226 g/mol. The molecule has 74 valence electrons. The molecule has 0 saturated carbocycles. The minimum absolute atomic E-state index is 0.0118. The Morgan fingerprint density at radius 2 is 2.14 bits per heavy atom. The Kier molecular flexibility index (Phi) is 2.36. The number of thioether (sulfide) groups is 1. The number of ketones is 1. The quantitative estimate of drug-likeness (QED) is 0.670. The van der Waals surface area contributed by atoms with E-state index < -0.39 is 0 Å². The molecule has 0 amide bonds. The zero-order chi connectivity index (χ0) is 10.3. The fraction of sp³-hybridized carbons (Fsp3) is 0.364. The van der Waals surface area contributed by atoms with Gasteiger partial charge in [-0.1, -0.05) is 11.6 Å². The van der Waals surface area contributed by atoms with E-state index in [1.165, 1.54) is 0 Å². The van der Waals surface area contributed by atoms with Crippen molar-refractivity contribution >= 4 is 29.1 Å². The molecule has 0 aliphatic carbocycles. The van der Waals surface area contributed by atoms with Crippen LogP contribution in [0.15, 0.2) is 23.1 Å². The first-order valence-electron chi connectivity index (χ1n) is 4.50. The van der Waals surface area contributed by atoms with E-state index in [4.69, 9.17) is 11.6 Å². The van der Waals surface area contributed by atoms with Crippen molar-refractivity contribution in [1.29, 1.82) is 0 Å². The average Bonchev–Trinajstić information content (AvgIpc) is 2.05. The van der Waals surface area contributed by atoms with Gasteiger partial charge in [0.1, 0.15) is 0 Å². The Balaban J connectivity index is 2.50. The van der Waals surface area contributed by atoms with Crippen LogP contribution in [0.5, 0.6) is 0 Å². The highest BCUT2D eigenvalue weighted by molar-refractivity contribution is 8.00. The molecular formula is C11H11ClOS. The summed E-state index contributed by atoms with van der Waals surface area (Å²) in [5.41, 5.74) is 0.779. The van der Waals surface area contributed by atoms with Gasteiger partial charge in [0.05, 0.1) is 0 Å². The van der Waals surface area contributed by atoms with Crippen molar-refractivity contribution in [3.63, 3.8) is 0 Å². The summed E-state index contributed by atoms with van der Waals surface area (Å²) in [7, 11) is 0. The fourth-order valence-corrected chi connectivity index (χ4v) is 3.01. The molecule has 1 aromatic carbocycles. The number of carbonyl (C=O) groups is 1. The molecule has 0 unspecified atom stereocenters. The smallest absolute Gasteiger partial charge is 0.165 e. The molecule has 1 aromatic rings. The van der Waals surface area contributed by atoms with Crippen molar-refractivity contribution < 1.29 is 4.79 Å². The third-order valence-electron chi connectivity index (χ3n) is 2.21. The second-order valence-corrected chi connectivity index (χ2v) is 6.29. The molecule has 0 N–H and O–H groups in total. The summed E-state index contributed by atoms with van der Waals surface area (Å²) < 4.78 is 0.0118. The van der Waals surface area contributed by atoms with Crippen molar-refractivity contribution in [2.24, 2.45) is 0 Å². The minimum Gasteiger partial charge on any atom is -0.294 e. The summed E-state index contributed by atoms with van der Waals surface area (Å²) in [6.07, 6.45) is 0.588. The molecule has 0 radical (unpaired) electrons. The highest BCUT2D eigenvalue weighted by Gasteiger charge is 2.31. The van der Waals surface area contributed by atoms with Crippen LogP contribution in [-0.2, 0) is 0 Å². The number of hydrogen-bond acceptors (Lipinski definition) is 2. The van der Waals surface area contributed by atoms with Gasteiger partial charge in [0.15, 0.2) is 5.78 Å². The van der Waals surface area contributed by atoms with Crippen molar-refractivity contribution in [3.05, 3.63) is 28.8 Å². The van der Waals surface area contributed by atoms with E-state index in [1.807, 2.05) is 12.1 Å². The summed E-state index contributed by atoms with van der Waals surface area (Å²) in [5.74, 6) is 0.200. The predicted molar refractivity (Wildman–Crippen MR) is 60.3 cm³/mol. The van der Waals surface area contributed by atoms with Crippen molar-refractivity contribution in [1.82, 2.24) is 0 Å². The maximum absolute atomic E-state index is 11.8. The third kappa shape index (κ3) is 1.82.